The van der Waals surface area contributed by atoms with Gasteiger partial charge in [0.05, 0.1) is 5.69 Å². The van der Waals surface area contributed by atoms with Crippen molar-refractivity contribution in [3.63, 3.8) is 0 Å². The third kappa shape index (κ3) is 3.45. The van der Waals surface area contributed by atoms with E-state index in [1.54, 1.807) is 0 Å². The van der Waals surface area contributed by atoms with Crippen molar-refractivity contribution in [2.45, 2.75) is 27.3 Å². The van der Waals surface area contributed by atoms with E-state index in [4.69, 9.17) is 0 Å². The first kappa shape index (κ1) is 15.0. The molecule has 0 amide bonds. The molecule has 0 spiro atoms. The highest BCUT2D eigenvalue weighted by molar-refractivity contribution is 5.41. The Labute approximate surface area is 132 Å². The average Bonchev–Trinajstić information content (AvgIpc) is 2.51. The Bertz CT molecular complexity index is 645. The largest absolute Gasteiger partial charge is 0.353 e. The minimum absolute atomic E-state index is 1.01. The van der Waals surface area contributed by atoms with Gasteiger partial charge < -0.3 is 4.90 Å². The second-order valence-corrected chi connectivity index (χ2v) is 6.22. The van der Waals surface area contributed by atoms with E-state index in [0.717, 1.165) is 44.2 Å². The monoisotopic (exact) mass is 296 g/mol. The number of anilines is 1. The van der Waals surface area contributed by atoms with Crippen LogP contribution in [0, 0.1) is 20.8 Å². The lowest BCUT2D eigenvalue weighted by atomic mass is 10.1. The molecule has 22 heavy (non-hydrogen) atoms. The van der Waals surface area contributed by atoms with Crippen LogP contribution >= 0.6 is 0 Å². The molecule has 1 aliphatic rings. The zero-order chi connectivity index (χ0) is 15.5. The lowest BCUT2D eigenvalue weighted by molar-refractivity contribution is 0.249. The van der Waals surface area contributed by atoms with E-state index >= 15 is 0 Å². The van der Waals surface area contributed by atoms with Gasteiger partial charge in [0.15, 0.2) is 5.82 Å². The fraction of sp³-hybridized carbons (Fsp3) is 0.444. The van der Waals surface area contributed by atoms with Crippen molar-refractivity contribution < 1.29 is 0 Å². The minimum atomic E-state index is 1.01. The quantitative estimate of drug-likeness (QED) is 0.872. The van der Waals surface area contributed by atoms with E-state index < -0.39 is 0 Å². The van der Waals surface area contributed by atoms with Gasteiger partial charge in [0, 0.05) is 32.7 Å². The van der Waals surface area contributed by atoms with Crippen molar-refractivity contribution in [1.29, 1.82) is 0 Å². The highest BCUT2D eigenvalue weighted by Crippen LogP contribution is 2.17. The van der Waals surface area contributed by atoms with Crippen LogP contribution in [0.15, 0.2) is 30.3 Å². The average molecular weight is 296 g/mol. The van der Waals surface area contributed by atoms with Crippen molar-refractivity contribution in [1.82, 2.24) is 15.1 Å². The highest BCUT2D eigenvalue weighted by atomic mass is 15.3. The second-order valence-electron chi connectivity index (χ2n) is 6.22. The molecule has 2 aromatic rings. The zero-order valence-electron chi connectivity index (χ0n) is 13.7. The van der Waals surface area contributed by atoms with Crippen molar-refractivity contribution in [2.75, 3.05) is 31.1 Å². The van der Waals surface area contributed by atoms with E-state index in [9.17, 15) is 0 Å². The topological polar surface area (TPSA) is 32.3 Å². The molecule has 1 aliphatic heterocycles. The predicted molar refractivity (Wildman–Crippen MR) is 90.2 cm³/mol. The molecule has 4 nitrogen and oxygen atoms in total. The zero-order valence-corrected chi connectivity index (χ0v) is 13.7. The van der Waals surface area contributed by atoms with Crippen molar-refractivity contribution in [3.05, 3.63) is 52.7 Å². The molecule has 0 bridgehead atoms. The van der Waals surface area contributed by atoms with Gasteiger partial charge in [0.2, 0.25) is 0 Å². The summed E-state index contributed by atoms with van der Waals surface area (Å²) in [6.07, 6.45) is 0. The van der Waals surface area contributed by atoms with Gasteiger partial charge in [0.1, 0.15) is 0 Å². The van der Waals surface area contributed by atoms with Crippen LogP contribution in [0.4, 0.5) is 5.82 Å². The molecule has 4 heteroatoms. The summed E-state index contributed by atoms with van der Waals surface area (Å²) in [7, 11) is 0. The highest BCUT2D eigenvalue weighted by Gasteiger charge is 2.18. The number of aromatic nitrogens is 2. The van der Waals surface area contributed by atoms with E-state index in [2.05, 4.69) is 64.2 Å². The molecule has 0 radical (unpaired) electrons. The summed E-state index contributed by atoms with van der Waals surface area (Å²) in [5.74, 6) is 1.01. The Morgan fingerprint density at radius 3 is 2.41 bits per heavy atom. The van der Waals surface area contributed by atoms with Crippen LogP contribution in [0.5, 0.6) is 0 Å². The molecule has 0 unspecified atom stereocenters. The smallest absolute Gasteiger partial charge is 0.151 e. The van der Waals surface area contributed by atoms with Crippen LogP contribution in [0.25, 0.3) is 0 Å². The van der Waals surface area contributed by atoms with Crippen LogP contribution in [0.2, 0.25) is 0 Å². The van der Waals surface area contributed by atoms with E-state index in [1.807, 2.05) is 6.92 Å². The summed E-state index contributed by atoms with van der Waals surface area (Å²) in [5, 5.41) is 8.59. The molecule has 0 aliphatic carbocycles. The molecule has 1 fully saturated rings. The van der Waals surface area contributed by atoms with Crippen LogP contribution in [0.3, 0.4) is 0 Å². The number of benzene rings is 1. The molecular weight excluding hydrogens is 272 g/mol. The maximum atomic E-state index is 4.34. The Balaban J connectivity index is 1.59. The number of rotatable bonds is 3. The maximum Gasteiger partial charge on any atom is 0.151 e. The second kappa shape index (κ2) is 6.44. The summed E-state index contributed by atoms with van der Waals surface area (Å²) in [6.45, 7) is 11.5. The van der Waals surface area contributed by atoms with Crippen molar-refractivity contribution in [2.24, 2.45) is 0 Å². The van der Waals surface area contributed by atoms with Crippen LogP contribution in [0.1, 0.15) is 22.4 Å². The standard InChI is InChI=1S/C18H24N4/c1-14-5-4-6-17(11-14)13-21-7-9-22(10-8-21)18-12-15(2)16(3)19-20-18/h4-6,11-12H,7-10,13H2,1-3H3. The van der Waals surface area contributed by atoms with Crippen LogP contribution in [-0.2, 0) is 6.54 Å². The number of nitrogens with zero attached hydrogens (tertiary/aromatic N) is 4. The first-order chi connectivity index (χ1) is 10.6. The molecule has 1 aromatic heterocycles. The lowest BCUT2D eigenvalue weighted by Crippen LogP contribution is -2.46. The third-order valence-electron chi connectivity index (χ3n) is 4.40. The number of piperazine rings is 1. The van der Waals surface area contributed by atoms with Gasteiger partial charge in [-0.05, 0) is 38.0 Å². The summed E-state index contributed by atoms with van der Waals surface area (Å²) in [5.41, 5.74) is 4.97. The SMILES string of the molecule is Cc1cccc(CN2CCN(c3cc(C)c(C)nn3)CC2)c1. The summed E-state index contributed by atoms with van der Waals surface area (Å²) >= 11 is 0. The van der Waals surface area contributed by atoms with Crippen LogP contribution < -0.4 is 4.90 Å². The van der Waals surface area contributed by atoms with E-state index in [-0.39, 0.29) is 0 Å². The molecule has 0 N–H and O–H groups in total. The number of aryl methyl sites for hydroxylation is 3. The van der Waals surface area contributed by atoms with Gasteiger partial charge in [-0.1, -0.05) is 29.8 Å². The van der Waals surface area contributed by atoms with Crippen molar-refractivity contribution in [3.8, 4) is 0 Å². The normalized spacial score (nSPS) is 16.0. The van der Waals surface area contributed by atoms with Crippen molar-refractivity contribution >= 4 is 5.82 Å². The number of hydrogen-bond acceptors (Lipinski definition) is 4. The fourth-order valence-corrected chi connectivity index (χ4v) is 2.89. The first-order valence-electron chi connectivity index (χ1n) is 7.95. The Morgan fingerprint density at radius 2 is 1.73 bits per heavy atom. The molecule has 1 saturated heterocycles. The molecular formula is C18H24N4. The molecule has 2 heterocycles. The van der Waals surface area contributed by atoms with Crippen LogP contribution in [-0.4, -0.2) is 41.3 Å². The van der Waals surface area contributed by atoms with Gasteiger partial charge in [0.25, 0.3) is 0 Å². The fourth-order valence-electron chi connectivity index (χ4n) is 2.89. The first-order valence-corrected chi connectivity index (χ1v) is 7.95. The third-order valence-corrected chi connectivity index (χ3v) is 4.40. The molecule has 0 saturated carbocycles. The van der Waals surface area contributed by atoms with E-state index in [1.165, 1.54) is 16.7 Å². The summed E-state index contributed by atoms with van der Waals surface area (Å²) in [4.78, 5) is 4.85. The summed E-state index contributed by atoms with van der Waals surface area (Å²) < 4.78 is 0. The Hall–Kier alpha value is -1.94. The minimum Gasteiger partial charge on any atom is -0.353 e. The molecule has 3 rings (SSSR count). The molecule has 0 atom stereocenters. The van der Waals surface area contributed by atoms with Gasteiger partial charge in [-0.15, -0.1) is 5.10 Å². The number of hydrogen-bond donors (Lipinski definition) is 0. The lowest BCUT2D eigenvalue weighted by Gasteiger charge is -2.35. The van der Waals surface area contributed by atoms with Gasteiger partial charge in [-0.2, -0.15) is 5.10 Å². The van der Waals surface area contributed by atoms with E-state index in [0.29, 0.717) is 0 Å². The maximum absolute atomic E-state index is 4.34. The Kier molecular flexibility index (Phi) is 4.39. The molecule has 1 aromatic carbocycles. The van der Waals surface area contributed by atoms with Gasteiger partial charge >= 0.3 is 0 Å². The Morgan fingerprint density at radius 1 is 0.955 bits per heavy atom. The predicted octanol–water partition coefficient (Wildman–Crippen LogP) is 2.72. The van der Waals surface area contributed by atoms with Gasteiger partial charge in [-0.25, -0.2) is 0 Å². The van der Waals surface area contributed by atoms with Gasteiger partial charge in [-0.3, -0.25) is 4.90 Å². The molecule has 116 valence electrons. The summed E-state index contributed by atoms with van der Waals surface area (Å²) in [6, 6.07) is 10.9.